The van der Waals surface area contributed by atoms with Gasteiger partial charge in [-0.3, -0.25) is 9.10 Å². The quantitative estimate of drug-likeness (QED) is 0.777. The van der Waals surface area contributed by atoms with Crippen LogP contribution in [0.3, 0.4) is 0 Å². The first-order valence-electron chi connectivity index (χ1n) is 6.40. The first-order valence-corrected chi connectivity index (χ1v) is 6.80. The van der Waals surface area contributed by atoms with Crippen LogP contribution in [0.25, 0.3) is 0 Å². The molecule has 3 nitrogen and oxygen atoms in total. The van der Waals surface area contributed by atoms with Crippen molar-refractivity contribution >= 4 is 18.6 Å². The molecule has 0 amide bonds. The van der Waals surface area contributed by atoms with Gasteiger partial charge in [0.2, 0.25) is 0 Å². The molecule has 2 aliphatic rings. The second kappa shape index (κ2) is 5.19. The standard InChI is InChI=1S/C14H18N2OS/c1-9(2)6-11-10(7-15)8-16(18)12-4-3-5-13(17)14(11)12/h8-9,11,18H,3-6H2,1-2H3. The first kappa shape index (κ1) is 13.2. The van der Waals surface area contributed by atoms with Crippen LogP contribution < -0.4 is 0 Å². The van der Waals surface area contributed by atoms with E-state index in [0.29, 0.717) is 17.9 Å². The smallest absolute Gasteiger partial charge is 0.161 e. The topological polar surface area (TPSA) is 44.1 Å². The Morgan fingerprint density at radius 1 is 1.56 bits per heavy atom. The summed E-state index contributed by atoms with van der Waals surface area (Å²) in [7, 11) is 0. The number of hydrogen-bond donors (Lipinski definition) is 1. The third kappa shape index (κ3) is 2.32. The second-order valence-corrected chi connectivity index (χ2v) is 5.79. The van der Waals surface area contributed by atoms with Crippen LogP contribution in [0.15, 0.2) is 23.0 Å². The minimum absolute atomic E-state index is 0.0267. The van der Waals surface area contributed by atoms with Crippen LogP contribution in [0.5, 0.6) is 0 Å². The molecule has 0 aromatic heterocycles. The van der Waals surface area contributed by atoms with Gasteiger partial charge in [0.05, 0.1) is 11.6 Å². The molecule has 4 heteroatoms. The zero-order chi connectivity index (χ0) is 13.3. The number of nitrogens with zero attached hydrogens (tertiary/aromatic N) is 2. The van der Waals surface area contributed by atoms with Crippen LogP contribution >= 0.6 is 12.8 Å². The highest BCUT2D eigenvalue weighted by molar-refractivity contribution is 7.78. The lowest BCUT2D eigenvalue weighted by molar-refractivity contribution is -0.116. The highest BCUT2D eigenvalue weighted by atomic mass is 32.1. The summed E-state index contributed by atoms with van der Waals surface area (Å²) in [6.45, 7) is 4.24. The van der Waals surface area contributed by atoms with Gasteiger partial charge in [0.15, 0.2) is 5.78 Å². The lowest BCUT2D eigenvalue weighted by Crippen LogP contribution is -2.29. The molecule has 0 spiro atoms. The Bertz CT molecular complexity index is 471. The Kier molecular flexibility index (Phi) is 3.82. The largest absolute Gasteiger partial charge is 0.297 e. The minimum atomic E-state index is -0.0267. The molecular formula is C14H18N2OS. The number of Topliss-reactive ketones (excluding diaryl/α,β-unsaturated/α-hetero) is 1. The molecular weight excluding hydrogens is 244 g/mol. The normalized spacial score (nSPS) is 23.9. The summed E-state index contributed by atoms with van der Waals surface area (Å²) in [6.07, 6.45) is 5.00. The van der Waals surface area contributed by atoms with E-state index >= 15 is 0 Å². The third-order valence-corrected chi connectivity index (χ3v) is 3.88. The average molecular weight is 262 g/mol. The van der Waals surface area contributed by atoms with E-state index in [9.17, 15) is 10.1 Å². The third-order valence-electron chi connectivity index (χ3n) is 3.53. The van der Waals surface area contributed by atoms with Gasteiger partial charge >= 0.3 is 0 Å². The lowest BCUT2D eigenvalue weighted by Gasteiger charge is -2.34. The zero-order valence-corrected chi connectivity index (χ0v) is 11.7. The van der Waals surface area contributed by atoms with E-state index < -0.39 is 0 Å². The van der Waals surface area contributed by atoms with Crippen molar-refractivity contribution in [3.63, 3.8) is 0 Å². The lowest BCUT2D eigenvalue weighted by atomic mass is 9.77. The summed E-state index contributed by atoms with van der Waals surface area (Å²) >= 11 is 4.36. The second-order valence-electron chi connectivity index (χ2n) is 5.36. The first-order chi connectivity index (χ1) is 8.54. The Hall–Kier alpha value is -1.21. The van der Waals surface area contributed by atoms with Gasteiger partial charge in [-0.05, 0) is 25.2 Å². The predicted octanol–water partition coefficient (Wildman–Crippen LogP) is 3.22. The van der Waals surface area contributed by atoms with Gasteiger partial charge in [-0.1, -0.05) is 26.7 Å². The Balaban J connectivity index is 2.44. The number of ketones is 1. The SMILES string of the molecule is CC(C)CC1C(C#N)=CN(S)C2=C1C(=O)CCC2. The number of hydrogen-bond acceptors (Lipinski definition) is 4. The van der Waals surface area contributed by atoms with Crippen LogP contribution in [0.4, 0.5) is 0 Å². The maximum Gasteiger partial charge on any atom is 0.161 e. The Morgan fingerprint density at radius 3 is 2.89 bits per heavy atom. The van der Waals surface area contributed by atoms with Crippen molar-refractivity contribution < 1.29 is 4.79 Å². The van der Waals surface area contributed by atoms with E-state index in [4.69, 9.17) is 0 Å². The maximum atomic E-state index is 12.2. The monoisotopic (exact) mass is 262 g/mol. The van der Waals surface area contributed by atoms with Crippen molar-refractivity contribution in [1.29, 1.82) is 5.26 Å². The van der Waals surface area contributed by atoms with Crippen LogP contribution in [-0.4, -0.2) is 10.1 Å². The summed E-state index contributed by atoms with van der Waals surface area (Å²) in [5.74, 6) is 0.629. The molecule has 2 rings (SSSR count). The number of rotatable bonds is 2. The van der Waals surface area contributed by atoms with Crippen LogP contribution in [0.2, 0.25) is 0 Å². The zero-order valence-electron chi connectivity index (χ0n) is 10.8. The molecule has 1 atom stereocenters. The van der Waals surface area contributed by atoms with Gasteiger partial charge in [-0.15, -0.1) is 0 Å². The van der Waals surface area contributed by atoms with Crippen molar-refractivity contribution in [2.45, 2.75) is 39.5 Å². The summed E-state index contributed by atoms with van der Waals surface area (Å²) in [5.41, 5.74) is 2.50. The highest BCUT2D eigenvalue weighted by Crippen LogP contribution is 2.40. The molecule has 0 fully saturated rings. The van der Waals surface area contributed by atoms with Crippen molar-refractivity contribution in [2.24, 2.45) is 11.8 Å². The van der Waals surface area contributed by atoms with Crippen LogP contribution in [-0.2, 0) is 4.79 Å². The van der Waals surface area contributed by atoms with Crippen molar-refractivity contribution in [2.75, 3.05) is 0 Å². The molecule has 1 aliphatic carbocycles. The fraction of sp³-hybridized carbons (Fsp3) is 0.571. The highest BCUT2D eigenvalue weighted by Gasteiger charge is 2.35. The van der Waals surface area contributed by atoms with Gasteiger partial charge in [0.25, 0.3) is 0 Å². The molecule has 0 aromatic carbocycles. The number of carbonyl (C=O) groups is 1. The van der Waals surface area contributed by atoms with Crippen molar-refractivity contribution in [1.82, 2.24) is 4.31 Å². The summed E-state index contributed by atoms with van der Waals surface area (Å²) in [4.78, 5) is 12.2. The Morgan fingerprint density at radius 2 is 2.28 bits per heavy atom. The summed E-state index contributed by atoms with van der Waals surface area (Å²) in [5, 5.41) is 9.26. The van der Waals surface area contributed by atoms with Gasteiger partial charge in [0.1, 0.15) is 0 Å². The van der Waals surface area contributed by atoms with E-state index in [1.165, 1.54) is 0 Å². The number of carbonyl (C=O) groups excluding carboxylic acids is 1. The average Bonchev–Trinajstić information content (AvgIpc) is 2.32. The maximum absolute atomic E-state index is 12.2. The molecule has 1 heterocycles. The minimum Gasteiger partial charge on any atom is -0.297 e. The molecule has 0 saturated heterocycles. The predicted molar refractivity (Wildman–Crippen MR) is 73.4 cm³/mol. The van der Waals surface area contributed by atoms with Crippen LogP contribution in [0.1, 0.15) is 39.5 Å². The fourth-order valence-electron chi connectivity index (χ4n) is 2.76. The van der Waals surface area contributed by atoms with Crippen molar-refractivity contribution in [3.8, 4) is 6.07 Å². The molecule has 0 bridgehead atoms. The molecule has 1 unspecified atom stereocenters. The molecule has 0 aromatic rings. The number of thiol groups is 1. The fourth-order valence-corrected chi connectivity index (χ4v) is 3.09. The van der Waals surface area contributed by atoms with Gasteiger partial charge in [-0.25, -0.2) is 0 Å². The molecule has 18 heavy (non-hydrogen) atoms. The number of allylic oxidation sites excluding steroid dienone is 3. The van der Waals surface area contributed by atoms with Crippen LogP contribution in [0, 0.1) is 23.2 Å². The van der Waals surface area contributed by atoms with Gasteiger partial charge in [-0.2, -0.15) is 5.26 Å². The summed E-state index contributed by atoms with van der Waals surface area (Å²) in [6, 6.07) is 2.23. The van der Waals surface area contributed by atoms with Gasteiger partial charge in [0, 0.05) is 29.8 Å². The number of nitriles is 1. The van der Waals surface area contributed by atoms with E-state index in [-0.39, 0.29) is 11.7 Å². The molecule has 1 aliphatic heterocycles. The Labute approximate surface area is 114 Å². The van der Waals surface area contributed by atoms with E-state index in [2.05, 4.69) is 32.7 Å². The molecule has 96 valence electrons. The van der Waals surface area contributed by atoms with E-state index in [1.54, 1.807) is 10.5 Å². The molecule has 0 radical (unpaired) electrons. The van der Waals surface area contributed by atoms with Gasteiger partial charge < -0.3 is 0 Å². The molecule has 0 saturated carbocycles. The van der Waals surface area contributed by atoms with E-state index in [1.807, 2.05) is 0 Å². The summed E-state index contributed by atoms with van der Waals surface area (Å²) < 4.78 is 1.67. The van der Waals surface area contributed by atoms with Crippen molar-refractivity contribution in [3.05, 3.63) is 23.0 Å². The van der Waals surface area contributed by atoms with E-state index in [0.717, 1.165) is 30.5 Å². The molecule has 0 N–H and O–H groups in total.